The molecule has 1 aromatic heterocycles. The third-order valence-corrected chi connectivity index (χ3v) is 2.45. The van der Waals surface area contributed by atoms with Crippen LogP contribution in [0.5, 0.6) is 0 Å². The van der Waals surface area contributed by atoms with E-state index in [0.717, 1.165) is 18.2 Å². The highest BCUT2D eigenvalue weighted by molar-refractivity contribution is 5.98. The Morgan fingerprint density at radius 3 is 2.41 bits per heavy atom. The van der Waals surface area contributed by atoms with E-state index in [0.29, 0.717) is 16.9 Å². The molecule has 0 atom stereocenters. The van der Waals surface area contributed by atoms with E-state index in [4.69, 9.17) is 4.42 Å². The van der Waals surface area contributed by atoms with Crippen molar-refractivity contribution in [3.63, 3.8) is 0 Å². The summed E-state index contributed by atoms with van der Waals surface area (Å²) in [5, 5.41) is 0. The van der Waals surface area contributed by atoms with Crippen LogP contribution in [0.25, 0.3) is 0 Å². The minimum absolute atomic E-state index is 0.0466. The monoisotopic (exact) mass is 236 g/mol. The molecule has 88 valence electrons. The molecule has 1 heterocycles. The molecule has 0 spiro atoms. The van der Waals surface area contributed by atoms with E-state index >= 15 is 0 Å². The molecule has 1 aromatic carbocycles. The van der Waals surface area contributed by atoms with Gasteiger partial charge in [0, 0.05) is 12.5 Å². The molecule has 0 fully saturated rings. The molecule has 2 aromatic rings. The lowest BCUT2D eigenvalue weighted by Gasteiger charge is -2.01. The Kier molecular flexibility index (Phi) is 3.04. The molecule has 0 aliphatic heterocycles. The topological polar surface area (TPSA) is 30.2 Å². The lowest BCUT2D eigenvalue weighted by atomic mass is 10.0. The second-order valence-corrected chi connectivity index (χ2v) is 3.77. The maximum atomic E-state index is 12.9. The van der Waals surface area contributed by atoms with Gasteiger partial charge in [-0.05, 0) is 30.7 Å². The van der Waals surface area contributed by atoms with Crippen molar-refractivity contribution in [2.45, 2.75) is 13.3 Å². The molecule has 17 heavy (non-hydrogen) atoms. The lowest BCUT2D eigenvalue weighted by Crippen LogP contribution is -2.04. The third kappa shape index (κ3) is 2.58. The van der Waals surface area contributed by atoms with Gasteiger partial charge in [-0.15, -0.1) is 0 Å². The number of hydrogen-bond donors (Lipinski definition) is 0. The Labute approximate surface area is 96.9 Å². The van der Waals surface area contributed by atoms with Crippen molar-refractivity contribution < 1.29 is 18.0 Å². The van der Waals surface area contributed by atoms with Crippen LogP contribution in [0.4, 0.5) is 8.78 Å². The zero-order chi connectivity index (χ0) is 12.4. The smallest absolute Gasteiger partial charge is 0.170 e. The van der Waals surface area contributed by atoms with Crippen LogP contribution in [0.15, 0.2) is 34.9 Å². The van der Waals surface area contributed by atoms with E-state index in [9.17, 15) is 13.6 Å². The zero-order valence-electron chi connectivity index (χ0n) is 9.17. The fraction of sp³-hybridized carbons (Fsp3) is 0.154. The van der Waals surface area contributed by atoms with Gasteiger partial charge in [0.1, 0.15) is 17.4 Å². The van der Waals surface area contributed by atoms with Gasteiger partial charge in [-0.1, -0.05) is 0 Å². The summed E-state index contributed by atoms with van der Waals surface area (Å²) in [6.07, 6.45) is 1.36. The fourth-order valence-electron chi connectivity index (χ4n) is 1.67. The minimum Gasteiger partial charge on any atom is -0.469 e. The van der Waals surface area contributed by atoms with Crippen LogP contribution in [-0.4, -0.2) is 5.78 Å². The lowest BCUT2D eigenvalue weighted by molar-refractivity contribution is 0.0991. The van der Waals surface area contributed by atoms with E-state index in [2.05, 4.69) is 0 Å². The van der Waals surface area contributed by atoms with Gasteiger partial charge in [0.05, 0.1) is 11.8 Å². The van der Waals surface area contributed by atoms with Crippen LogP contribution in [0, 0.1) is 18.6 Å². The highest BCUT2D eigenvalue weighted by atomic mass is 19.1. The summed E-state index contributed by atoms with van der Waals surface area (Å²) < 4.78 is 30.9. The number of ketones is 1. The number of furan rings is 1. The molecule has 0 unspecified atom stereocenters. The Hall–Kier alpha value is -1.97. The summed E-state index contributed by atoms with van der Waals surface area (Å²) in [5.74, 6) is -1.08. The van der Waals surface area contributed by atoms with Crippen LogP contribution >= 0.6 is 0 Å². The summed E-state index contributed by atoms with van der Waals surface area (Å²) >= 11 is 0. The molecule has 0 saturated carbocycles. The molecule has 0 bridgehead atoms. The van der Waals surface area contributed by atoms with Crippen molar-refractivity contribution in [3.05, 3.63) is 59.1 Å². The predicted octanol–water partition coefficient (Wildman–Crippen LogP) is 3.29. The maximum absolute atomic E-state index is 12.9. The van der Waals surface area contributed by atoms with Gasteiger partial charge in [-0.2, -0.15) is 0 Å². The van der Waals surface area contributed by atoms with Gasteiger partial charge in [-0.25, -0.2) is 8.78 Å². The van der Waals surface area contributed by atoms with Gasteiger partial charge >= 0.3 is 0 Å². The molecule has 2 rings (SSSR count). The Bertz CT molecular complexity index is 538. The van der Waals surface area contributed by atoms with Crippen molar-refractivity contribution in [1.29, 1.82) is 0 Å². The van der Waals surface area contributed by atoms with Gasteiger partial charge in [0.15, 0.2) is 5.78 Å². The van der Waals surface area contributed by atoms with Crippen molar-refractivity contribution in [2.75, 3.05) is 0 Å². The second kappa shape index (κ2) is 4.49. The molecule has 2 nitrogen and oxygen atoms in total. The molecular formula is C13H10F2O2. The SMILES string of the molecule is Cc1occc1C(=O)Cc1cc(F)cc(F)c1. The first-order valence-corrected chi connectivity index (χ1v) is 5.08. The fourth-order valence-corrected chi connectivity index (χ4v) is 1.67. The van der Waals surface area contributed by atoms with E-state index in [1.165, 1.54) is 6.26 Å². The van der Waals surface area contributed by atoms with Crippen LogP contribution in [0.1, 0.15) is 21.7 Å². The maximum Gasteiger partial charge on any atom is 0.170 e. The van der Waals surface area contributed by atoms with E-state index in [1.54, 1.807) is 13.0 Å². The number of hydrogen-bond acceptors (Lipinski definition) is 2. The largest absolute Gasteiger partial charge is 0.469 e. The molecular weight excluding hydrogens is 226 g/mol. The van der Waals surface area contributed by atoms with Crippen LogP contribution in [0.2, 0.25) is 0 Å². The first-order chi connectivity index (χ1) is 8.06. The summed E-state index contributed by atoms with van der Waals surface area (Å²) in [6, 6.07) is 4.62. The molecule has 0 aliphatic rings. The zero-order valence-corrected chi connectivity index (χ0v) is 9.17. The first kappa shape index (κ1) is 11.5. The number of carbonyl (C=O) groups is 1. The molecule has 0 radical (unpaired) electrons. The average Bonchev–Trinajstić information content (AvgIpc) is 2.62. The predicted molar refractivity (Wildman–Crippen MR) is 57.8 cm³/mol. The van der Waals surface area contributed by atoms with E-state index < -0.39 is 11.6 Å². The highest BCUT2D eigenvalue weighted by Gasteiger charge is 2.13. The van der Waals surface area contributed by atoms with Gasteiger partial charge < -0.3 is 4.42 Å². The molecule has 0 aliphatic carbocycles. The standard InChI is InChI=1S/C13H10F2O2/c1-8-12(2-3-17-8)13(16)6-9-4-10(14)7-11(15)5-9/h2-5,7H,6H2,1H3. The number of rotatable bonds is 3. The number of carbonyl (C=O) groups excluding carboxylic acids is 1. The Balaban J connectivity index is 2.21. The van der Waals surface area contributed by atoms with Gasteiger partial charge in [0.2, 0.25) is 0 Å². The molecule has 0 N–H and O–H groups in total. The quantitative estimate of drug-likeness (QED) is 0.765. The Morgan fingerprint density at radius 2 is 1.88 bits per heavy atom. The van der Waals surface area contributed by atoms with Crippen molar-refractivity contribution in [2.24, 2.45) is 0 Å². The molecule has 0 amide bonds. The van der Waals surface area contributed by atoms with Crippen molar-refractivity contribution in [1.82, 2.24) is 0 Å². The normalized spacial score (nSPS) is 10.5. The van der Waals surface area contributed by atoms with Crippen molar-refractivity contribution in [3.8, 4) is 0 Å². The summed E-state index contributed by atoms with van der Waals surface area (Å²) in [7, 11) is 0. The van der Waals surface area contributed by atoms with Crippen LogP contribution in [-0.2, 0) is 6.42 Å². The first-order valence-electron chi connectivity index (χ1n) is 5.08. The number of halogens is 2. The summed E-state index contributed by atoms with van der Waals surface area (Å²) in [4.78, 5) is 11.8. The minimum atomic E-state index is -0.684. The third-order valence-electron chi connectivity index (χ3n) is 2.45. The Morgan fingerprint density at radius 1 is 1.24 bits per heavy atom. The highest BCUT2D eigenvalue weighted by Crippen LogP contribution is 2.14. The van der Waals surface area contributed by atoms with E-state index in [-0.39, 0.29) is 12.2 Å². The van der Waals surface area contributed by atoms with E-state index in [1.807, 2.05) is 0 Å². The van der Waals surface area contributed by atoms with Gasteiger partial charge in [0.25, 0.3) is 0 Å². The number of aryl methyl sites for hydroxylation is 1. The molecule has 4 heteroatoms. The van der Waals surface area contributed by atoms with Crippen LogP contribution < -0.4 is 0 Å². The van der Waals surface area contributed by atoms with Gasteiger partial charge in [-0.3, -0.25) is 4.79 Å². The second-order valence-electron chi connectivity index (χ2n) is 3.77. The van der Waals surface area contributed by atoms with Crippen LogP contribution in [0.3, 0.4) is 0 Å². The van der Waals surface area contributed by atoms with Crippen molar-refractivity contribution >= 4 is 5.78 Å². The molecule has 0 saturated heterocycles. The number of Topliss-reactive ketones (excluding diaryl/α,β-unsaturated/α-hetero) is 1. The number of benzene rings is 1. The summed E-state index contributed by atoms with van der Waals surface area (Å²) in [6.45, 7) is 1.67. The summed E-state index contributed by atoms with van der Waals surface area (Å²) in [5.41, 5.74) is 0.753. The average molecular weight is 236 g/mol.